The van der Waals surface area contributed by atoms with Gasteiger partial charge in [0.05, 0.1) is 31.5 Å². The van der Waals surface area contributed by atoms with Crippen molar-refractivity contribution in [3.63, 3.8) is 0 Å². The number of hydrogen-bond acceptors (Lipinski definition) is 6. The number of carbonyl (C=O) groups excluding carboxylic acids is 1. The summed E-state index contributed by atoms with van der Waals surface area (Å²) in [6.07, 6.45) is 0.780. The Bertz CT molecular complexity index is 941. The number of benzene rings is 2. The molecule has 2 aromatic carbocycles. The van der Waals surface area contributed by atoms with Gasteiger partial charge < -0.3 is 19.1 Å². The third-order valence-corrected chi connectivity index (χ3v) is 7.43. The lowest BCUT2D eigenvalue weighted by Crippen LogP contribution is -2.42. The fraction of sp³-hybridized carbons (Fsp3) is 0.381. The molecule has 0 atom stereocenters. The van der Waals surface area contributed by atoms with E-state index in [9.17, 15) is 13.2 Å². The summed E-state index contributed by atoms with van der Waals surface area (Å²) in [5.41, 5.74) is 0.456. The van der Waals surface area contributed by atoms with Crippen LogP contribution in [0, 0.1) is 0 Å². The summed E-state index contributed by atoms with van der Waals surface area (Å²) < 4.78 is 41.4. The molecule has 0 saturated carbocycles. The quantitative estimate of drug-likeness (QED) is 0.716. The van der Waals surface area contributed by atoms with Gasteiger partial charge in [-0.25, -0.2) is 8.42 Å². The van der Waals surface area contributed by atoms with Gasteiger partial charge >= 0.3 is 0 Å². The van der Waals surface area contributed by atoms with E-state index in [-0.39, 0.29) is 10.8 Å². The van der Waals surface area contributed by atoms with Crippen LogP contribution in [0.2, 0.25) is 0 Å². The smallest absolute Gasteiger partial charge is 0.254 e. The first kappa shape index (κ1) is 21.0. The van der Waals surface area contributed by atoms with Crippen LogP contribution in [-0.2, 0) is 9.84 Å². The van der Waals surface area contributed by atoms with Crippen molar-refractivity contribution in [3.05, 3.63) is 48.0 Å². The Morgan fingerprint density at radius 2 is 1.38 bits per heavy atom. The van der Waals surface area contributed by atoms with Crippen LogP contribution >= 0.6 is 0 Å². The zero-order valence-electron chi connectivity index (χ0n) is 16.8. The van der Waals surface area contributed by atoms with E-state index in [1.807, 2.05) is 0 Å². The predicted molar refractivity (Wildman–Crippen MR) is 109 cm³/mol. The molecule has 0 unspecified atom stereocenters. The molecule has 0 N–H and O–H groups in total. The molecule has 1 aliphatic heterocycles. The van der Waals surface area contributed by atoms with Gasteiger partial charge in [-0.15, -0.1) is 0 Å². The average molecular weight is 419 g/mol. The lowest BCUT2D eigenvalue weighted by atomic mass is 10.1. The zero-order chi connectivity index (χ0) is 21.0. The first-order valence-corrected chi connectivity index (χ1v) is 10.8. The first-order chi connectivity index (χ1) is 13.9. The molecule has 156 valence electrons. The monoisotopic (exact) mass is 419 g/mol. The van der Waals surface area contributed by atoms with Crippen LogP contribution in [0.3, 0.4) is 0 Å². The standard InChI is InChI=1S/C21H25NO6S/c1-26-16-4-6-19(7-5-16)29(24,25)20-8-10-22(11-9-20)21(23)15-12-17(27-2)14-18(13-15)28-3/h4-7,12-14,20H,8-11H2,1-3H3. The second kappa shape index (κ2) is 8.73. The van der Waals surface area contributed by atoms with Crippen LogP contribution in [0.15, 0.2) is 47.4 Å². The molecule has 0 radical (unpaired) electrons. The molecule has 1 heterocycles. The Morgan fingerprint density at radius 3 is 1.86 bits per heavy atom. The van der Waals surface area contributed by atoms with Gasteiger partial charge in [-0.1, -0.05) is 0 Å². The number of nitrogens with zero attached hydrogens (tertiary/aromatic N) is 1. The highest BCUT2D eigenvalue weighted by atomic mass is 32.2. The minimum absolute atomic E-state index is 0.164. The normalized spacial score (nSPS) is 15.1. The van der Waals surface area contributed by atoms with Gasteiger partial charge in [0, 0.05) is 24.7 Å². The Kier molecular flexibility index (Phi) is 6.32. The Morgan fingerprint density at radius 1 is 0.862 bits per heavy atom. The molecule has 29 heavy (non-hydrogen) atoms. The summed E-state index contributed by atoms with van der Waals surface area (Å²) in [7, 11) is 1.13. The first-order valence-electron chi connectivity index (χ1n) is 9.29. The lowest BCUT2D eigenvalue weighted by molar-refractivity contribution is 0.0725. The highest BCUT2D eigenvalue weighted by molar-refractivity contribution is 7.92. The summed E-state index contributed by atoms with van der Waals surface area (Å²) in [6, 6.07) is 11.4. The molecular formula is C21H25NO6S. The topological polar surface area (TPSA) is 82.1 Å². The summed E-state index contributed by atoms with van der Waals surface area (Å²) in [5, 5.41) is -0.514. The maximum atomic E-state index is 12.9. The largest absolute Gasteiger partial charge is 0.497 e. The Labute approximate surface area is 171 Å². The maximum absolute atomic E-state index is 12.9. The summed E-state index contributed by atoms with van der Waals surface area (Å²) in [4.78, 5) is 14.8. The van der Waals surface area contributed by atoms with Crippen molar-refractivity contribution in [2.75, 3.05) is 34.4 Å². The second-order valence-corrected chi connectivity index (χ2v) is 9.04. The number of sulfone groups is 1. The van der Waals surface area contributed by atoms with E-state index in [2.05, 4.69) is 0 Å². The van der Waals surface area contributed by atoms with Crippen LogP contribution in [0.4, 0.5) is 0 Å². The lowest BCUT2D eigenvalue weighted by Gasteiger charge is -2.32. The van der Waals surface area contributed by atoms with E-state index in [0.29, 0.717) is 48.7 Å². The van der Waals surface area contributed by atoms with Crippen molar-refractivity contribution in [2.24, 2.45) is 0 Å². The van der Waals surface area contributed by atoms with Crippen LogP contribution in [0.1, 0.15) is 23.2 Å². The van der Waals surface area contributed by atoms with Gasteiger partial charge in [0.1, 0.15) is 17.2 Å². The molecule has 7 nitrogen and oxygen atoms in total. The Balaban J connectivity index is 1.70. The molecular weight excluding hydrogens is 394 g/mol. The zero-order valence-corrected chi connectivity index (χ0v) is 17.6. The number of carbonyl (C=O) groups is 1. The molecule has 1 aliphatic rings. The summed E-state index contributed by atoms with van der Waals surface area (Å²) in [6.45, 7) is 0.747. The van der Waals surface area contributed by atoms with Gasteiger partial charge in [0.15, 0.2) is 9.84 Å². The molecule has 1 saturated heterocycles. The SMILES string of the molecule is COc1ccc(S(=O)(=O)C2CCN(C(=O)c3cc(OC)cc(OC)c3)CC2)cc1. The van der Waals surface area contributed by atoms with Gasteiger partial charge in [-0.3, -0.25) is 4.79 Å². The maximum Gasteiger partial charge on any atom is 0.254 e. The van der Waals surface area contributed by atoms with E-state index in [4.69, 9.17) is 14.2 Å². The minimum atomic E-state index is -3.46. The third kappa shape index (κ3) is 4.48. The number of methoxy groups -OCH3 is 3. The summed E-state index contributed by atoms with van der Waals surface area (Å²) >= 11 is 0. The van der Waals surface area contributed by atoms with Crippen LogP contribution in [0.25, 0.3) is 0 Å². The minimum Gasteiger partial charge on any atom is -0.497 e. The highest BCUT2D eigenvalue weighted by Crippen LogP contribution is 2.28. The second-order valence-electron chi connectivity index (χ2n) is 6.81. The molecule has 1 amide bonds. The fourth-order valence-electron chi connectivity index (χ4n) is 3.44. The van der Waals surface area contributed by atoms with E-state index in [1.165, 1.54) is 21.3 Å². The number of hydrogen-bond donors (Lipinski definition) is 0. The van der Waals surface area contributed by atoms with Crippen LogP contribution in [-0.4, -0.2) is 58.9 Å². The van der Waals surface area contributed by atoms with Gasteiger partial charge in [-0.2, -0.15) is 0 Å². The van der Waals surface area contributed by atoms with Gasteiger partial charge in [-0.05, 0) is 49.2 Å². The molecule has 0 aliphatic carbocycles. The van der Waals surface area contributed by atoms with Crippen molar-refractivity contribution in [2.45, 2.75) is 23.0 Å². The highest BCUT2D eigenvalue weighted by Gasteiger charge is 2.33. The molecule has 3 rings (SSSR count). The number of ether oxygens (including phenoxy) is 3. The predicted octanol–water partition coefficient (Wildman–Crippen LogP) is 2.79. The van der Waals surface area contributed by atoms with E-state index < -0.39 is 15.1 Å². The number of piperidine rings is 1. The van der Waals surface area contributed by atoms with Crippen molar-refractivity contribution in [1.29, 1.82) is 0 Å². The van der Waals surface area contributed by atoms with Crippen LogP contribution < -0.4 is 14.2 Å². The van der Waals surface area contributed by atoms with E-state index >= 15 is 0 Å². The molecule has 0 spiro atoms. The molecule has 0 aromatic heterocycles. The molecule has 1 fully saturated rings. The summed E-state index contributed by atoms with van der Waals surface area (Å²) in [5.74, 6) is 1.51. The van der Waals surface area contributed by atoms with Crippen LogP contribution in [0.5, 0.6) is 17.2 Å². The van der Waals surface area contributed by atoms with Crippen molar-refractivity contribution in [3.8, 4) is 17.2 Å². The number of amides is 1. The number of likely N-dealkylation sites (tertiary alicyclic amines) is 1. The van der Waals surface area contributed by atoms with Gasteiger partial charge in [0.25, 0.3) is 5.91 Å². The van der Waals surface area contributed by atoms with Crippen molar-refractivity contribution in [1.82, 2.24) is 4.90 Å². The fourth-order valence-corrected chi connectivity index (χ4v) is 5.17. The molecule has 8 heteroatoms. The molecule has 0 bridgehead atoms. The van der Waals surface area contributed by atoms with E-state index in [1.54, 1.807) is 47.4 Å². The third-order valence-electron chi connectivity index (χ3n) is 5.15. The Hall–Kier alpha value is -2.74. The van der Waals surface area contributed by atoms with E-state index in [0.717, 1.165) is 0 Å². The molecule has 2 aromatic rings. The van der Waals surface area contributed by atoms with Gasteiger partial charge in [0.2, 0.25) is 0 Å². The van der Waals surface area contributed by atoms with Crippen molar-refractivity contribution >= 4 is 15.7 Å². The number of rotatable bonds is 6. The van der Waals surface area contributed by atoms with Crippen molar-refractivity contribution < 1.29 is 27.4 Å². The average Bonchev–Trinajstić information content (AvgIpc) is 2.78.